The van der Waals surface area contributed by atoms with Gasteiger partial charge in [0.15, 0.2) is 0 Å². The Kier molecular flexibility index (Phi) is 3.63. The molecular formula is C18H23N3O. The molecule has 0 aliphatic heterocycles. The second kappa shape index (κ2) is 5.34. The van der Waals surface area contributed by atoms with Crippen molar-refractivity contribution in [1.82, 2.24) is 15.3 Å². The molecule has 1 N–H and O–H groups in total. The highest BCUT2D eigenvalue weighted by atomic mass is 16.1. The van der Waals surface area contributed by atoms with E-state index in [-0.39, 0.29) is 11.9 Å². The van der Waals surface area contributed by atoms with Crippen molar-refractivity contribution in [2.75, 3.05) is 0 Å². The summed E-state index contributed by atoms with van der Waals surface area (Å²) >= 11 is 0. The Labute approximate surface area is 131 Å². The van der Waals surface area contributed by atoms with Crippen molar-refractivity contribution in [3.8, 4) is 0 Å². The molecule has 1 aliphatic carbocycles. The quantitative estimate of drug-likeness (QED) is 0.922. The van der Waals surface area contributed by atoms with E-state index in [4.69, 9.17) is 0 Å². The Bertz CT molecular complexity index is 736. The van der Waals surface area contributed by atoms with E-state index in [1.54, 1.807) is 0 Å². The minimum absolute atomic E-state index is 0.00960. The molecule has 0 radical (unpaired) electrons. The fourth-order valence-electron chi connectivity index (χ4n) is 3.20. The number of hydrogen-bond acceptors (Lipinski definition) is 3. The summed E-state index contributed by atoms with van der Waals surface area (Å²) in [6, 6.07) is 5.83. The lowest BCUT2D eigenvalue weighted by Gasteiger charge is -2.18. The standard InChI is InChI=1S/C18H23N3O/c1-11-12(2)20-16-9-13(5-6-15(16)19-11)17(22)21-14-7-8-18(3,4)10-14/h5-6,9,14H,7-8,10H2,1-4H3,(H,21,22). The number of benzene rings is 1. The van der Waals surface area contributed by atoms with Gasteiger partial charge in [0, 0.05) is 11.6 Å². The SMILES string of the molecule is Cc1nc2ccc(C(=O)NC3CCC(C)(C)C3)cc2nc1C. The summed E-state index contributed by atoms with van der Waals surface area (Å²) in [6.07, 6.45) is 3.27. The predicted molar refractivity (Wildman–Crippen MR) is 87.9 cm³/mol. The van der Waals surface area contributed by atoms with E-state index in [9.17, 15) is 4.79 Å². The second-order valence-corrected chi connectivity index (χ2v) is 7.18. The van der Waals surface area contributed by atoms with Crippen LogP contribution in [0.4, 0.5) is 0 Å². The van der Waals surface area contributed by atoms with Crippen LogP contribution in [0.3, 0.4) is 0 Å². The maximum Gasteiger partial charge on any atom is 0.251 e. The number of nitrogens with zero attached hydrogens (tertiary/aromatic N) is 2. The van der Waals surface area contributed by atoms with Gasteiger partial charge in [0.05, 0.1) is 22.4 Å². The van der Waals surface area contributed by atoms with Crippen LogP contribution >= 0.6 is 0 Å². The predicted octanol–water partition coefficient (Wildman–Crippen LogP) is 3.56. The van der Waals surface area contributed by atoms with Gasteiger partial charge in [-0.1, -0.05) is 13.8 Å². The molecule has 0 spiro atoms. The van der Waals surface area contributed by atoms with E-state index in [2.05, 4.69) is 29.1 Å². The lowest BCUT2D eigenvalue weighted by atomic mass is 9.92. The van der Waals surface area contributed by atoms with Crippen LogP contribution in [0.15, 0.2) is 18.2 Å². The van der Waals surface area contributed by atoms with Crippen molar-refractivity contribution in [3.63, 3.8) is 0 Å². The fraction of sp³-hybridized carbons (Fsp3) is 0.500. The van der Waals surface area contributed by atoms with E-state index in [1.807, 2.05) is 32.0 Å². The minimum Gasteiger partial charge on any atom is -0.349 e. The van der Waals surface area contributed by atoms with Gasteiger partial charge in [-0.15, -0.1) is 0 Å². The molecule has 1 atom stereocenters. The summed E-state index contributed by atoms with van der Waals surface area (Å²) in [7, 11) is 0. The highest BCUT2D eigenvalue weighted by Crippen LogP contribution is 2.37. The first-order valence-electron chi connectivity index (χ1n) is 7.90. The highest BCUT2D eigenvalue weighted by molar-refractivity contribution is 5.97. The Morgan fingerprint density at radius 2 is 1.86 bits per heavy atom. The smallest absolute Gasteiger partial charge is 0.251 e. The van der Waals surface area contributed by atoms with E-state index in [0.717, 1.165) is 35.3 Å². The summed E-state index contributed by atoms with van der Waals surface area (Å²) < 4.78 is 0. The average Bonchev–Trinajstić information content (AvgIpc) is 2.78. The summed E-state index contributed by atoms with van der Waals surface area (Å²) in [5, 5.41) is 3.15. The second-order valence-electron chi connectivity index (χ2n) is 7.18. The largest absolute Gasteiger partial charge is 0.349 e. The van der Waals surface area contributed by atoms with Gasteiger partial charge in [0.2, 0.25) is 0 Å². The number of hydrogen-bond donors (Lipinski definition) is 1. The van der Waals surface area contributed by atoms with Crippen LogP contribution in [0, 0.1) is 19.3 Å². The van der Waals surface area contributed by atoms with Crippen molar-refractivity contribution in [2.45, 2.75) is 53.0 Å². The molecule has 22 heavy (non-hydrogen) atoms. The topological polar surface area (TPSA) is 54.9 Å². The Hall–Kier alpha value is -1.97. The number of rotatable bonds is 2. The first-order valence-corrected chi connectivity index (χ1v) is 7.90. The molecule has 1 unspecified atom stereocenters. The molecule has 0 saturated heterocycles. The van der Waals surface area contributed by atoms with Crippen LogP contribution in [0.5, 0.6) is 0 Å². The molecular weight excluding hydrogens is 274 g/mol. The third-order valence-corrected chi connectivity index (χ3v) is 4.64. The third-order valence-electron chi connectivity index (χ3n) is 4.64. The maximum absolute atomic E-state index is 12.4. The molecule has 2 aromatic rings. The number of fused-ring (bicyclic) bond motifs is 1. The summed E-state index contributed by atoms with van der Waals surface area (Å²) in [5.74, 6) is -0.00960. The molecule has 1 amide bonds. The first kappa shape index (κ1) is 14.9. The molecule has 1 fully saturated rings. The zero-order valence-corrected chi connectivity index (χ0v) is 13.7. The van der Waals surface area contributed by atoms with Crippen molar-refractivity contribution >= 4 is 16.9 Å². The lowest BCUT2D eigenvalue weighted by molar-refractivity contribution is 0.0936. The van der Waals surface area contributed by atoms with E-state index in [1.165, 1.54) is 6.42 Å². The van der Waals surface area contributed by atoms with Crippen LogP contribution in [0.25, 0.3) is 11.0 Å². The number of carbonyl (C=O) groups excluding carboxylic acids is 1. The molecule has 1 aliphatic rings. The Morgan fingerprint density at radius 3 is 2.50 bits per heavy atom. The van der Waals surface area contributed by atoms with E-state index >= 15 is 0 Å². The van der Waals surface area contributed by atoms with Gasteiger partial charge in [0.25, 0.3) is 5.91 Å². The van der Waals surface area contributed by atoms with Gasteiger partial charge < -0.3 is 5.32 Å². The van der Waals surface area contributed by atoms with Crippen molar-refractivity contribution in [1.29, 1.82) is 0 Å². The third kappa shape index (κ3) is 2.96. The maximum atomic E-state index is 12.4. The Balaban J connectivity index is 1.81. The van der Waals surface area contributed by atoms with Crippen molar-refractivity contribution < 1.29 is 4.79 Å². The zero-order chi connectivity index (χ0) is 15.9. The van der Waals surface area contributed by atoms with Crippen LogP contribution in [0.1, 0.15) is 54.9 Å². The van der Waals surface area contributed by atoms with Gasteiger partial charge in [-0.3, -0.25) is 4.79 Å². The van der Waals surface area contributed by atoms with Crippen molar-refractivity contribution in [3.05, 3.63) is 35.2 Å². The number of aromatic nitrogens is 2. The monoisotopic (exact) mass is 297 g/mol. The molecule has 4 nitrogen and oxygen atoms in total. The normalized spacial score (nSPS) is 20.3. The molecule has 1 heterocycles. The summed E-state index contributed by atoms with van der Waals surface area (Å²) in [4.78, 5) is 21.5. The number of carbonyl (C=O) groups is 1. The molecule has 0 bridgehead atoms. The van der Waals surface area contributed by atoms with E-state index < -0.39 is 0 Å². The fourth-order valence-corrected chi connectivity index (χ4v) is 3.20. The van der Waals surface area contributed by atoms with Gasteiger partial charge in [-0.05, 0) is 56.7 Å². The zero-order valence-electron chi connectivity index (χ0n) is 13.7. The van der Waals surface area contributed by atoms with Gasteiger partial charge in [0.1, 0.15) is 0 Å². The van der Waals surface area contributed by atoms with Gasteiger partial charge >= 0.3 is 0 Å². The minimum atomic E-state index is -0.00960. The molecule has 1 aromatic heterocycles. The first-order chi connectivity index (χ1) is 10.3. The van der Waals surface area contributed by atoms with Crippen LogP contribution in [0.2, 0.25) is 0 Å². The number of amides is 1. The lowest BCUT2D eigenvalue weighted by Crippen LogP contribution is -2.33. The van der Waals surface area contributed by atoms with E-state index in [0.29, 0.717) is 11.0 Å². The molecule has 116 valence electrons. The molecule has 4 heteroatoms. The molecule has 3 rings (SSSR count). The summed E-state index contributed by atoms with van der Waals surface area (Å²) in [5.41, 5.74) is 4.45. The highest BCUT2D eigenvalue weighted by Gasteiger charge is 2.31. The van der Waals surface area contributed by atoms with Crippen LogP contribution < -0.4 is 5.32 Å². The molecule has 1 aromatic carbocycles. The Morgan fingerprint density at radius 1 is 1.18 bits per heavy atom. The van der Waals surface area contributed by atoms with Gasteiger partial charge in [-0.25, -0.2) is 9.97 Å². The summed E-state index contributed by atoms with van der Waals surface area (Å²) in [6.45, 7) is 8.41. The number of nitrogens with one attached hydrogen (secondary N) is 1. The van der Waals surface area contributed by atoms with Crippen LogP contribution in [-0.2, 0) is 0 Å². The van der Waals surface area contributed by atoms with Crippen LogP contribution in [-0.4, -0.2) is 21.9 Å². The molecule has 1 saturated carbocycles. The van der Waals surface area contributed by atoms with Gasteiger partial charge in [-0.2, -0.15) is 0 Å². The van der Waals surface area contributed by atoms with Crippen molar-refractivity contribution in [2.24, 2.45) is 5.41 Å². The number of aryl methyl sites for hydroxylation is 2. The average molecular weight is 297 g/mol.